The van der Waals surface area contributed by atoms with Crippen molar-refractivity contribution >= 4 is 70.7 Å². The Hall–Kier alpha value is -4.12. The number of para-hydroxylation sites is 2. The molecule has 0 bridgehead atoms. The third-order valence-electron chi connectivity index (χ3n) is 9.45. The highest BCUT2D eigenvalue weighted by Crippen LogP contribution is 2.62. The lowest BCUT2D eigenvalue weighted by molar-refractivity contribution is 0.125. The van der Waals surface area contributed by atoms with Gasteiger partial charge in [0.15, 0.2) is 0 Å². The molecule has 7 aromatic rings. The summed E-state index contributed by atoms with van der Waals surface area (Å²) < 4.78 is 165. The largest absolute Gasteiger partial charge is 0.310 e. The molecule has 0 saturated heterocycles. The smallest absolute Gasteiger partial charge is 0.0541 e. The predicted molar refractivity (Wildman–Crippen MR) is 216 cm³/mol. The zero-order valence-corrected chi connectivity index (χ0v) is 29.0. The second-order valence-electron chi connectivity index (χ2n) is 12.4. The third kappa shape index (κ3) is 4.94. The average molecular weight is 787 g/mol. The van der Waals surface area contributed by atoms with Crippen LogP contribution in [0, 0.1) is 5.41 Å². The van der Waals surface area contributed by atoms with Crippen molar-refractivity contribution < 1.29 is 24.7 Å². The van der Waals surface area contributed by atoms with Crippen LogP contribution >= 0.6 is 31.9 Å². The van der Waals surface area contributed by atoms with Crippen LogP contribution in [0.3, 0.4) is 0 Å². The van der Waals surface area contributed by atoms with Crippen LogP contribution in [-0.2, 0) is 10.8 Å². The van der Waals surface area contributed by atoms with Crippen LogP contribution < -0.4 is 4.90 Å². The molecule has 0 amide bonds. The van der Waals surface area contributed by atoms with E-state index in [4.69, 9.17) is 24.7 Å². The molecule has 0 unspecified atom stereocenters. The van der Waals surface area contributed by atoms with E-state index in [0.29, 0.717) is 22.7 Å². The molecular weight excluding hydrogens is 728 g/mol. The Balaban J connectivity index is 1.57. The molecular formula is C45H40Br2N2. The zero-order valence-electron chi connectivity index (χ0n) is 43.9. The first kappa shape index (κ1) is 17.7. The van der Waals surface area contributed by atoms with Crippen LogP contribution in [0.5, 0.6) is 0 Å². The highest BCUT2D eigenvalue weighted by atomic mass is 79.9. The normalized spacial score (nSPS) is 22.8. The van der Waals surface area contributed by atoms with Gasteiger partial charge in [0.05, 0.1) is 11.0 Å². The molecule has 1 heterocycles. The Morgan fingerprint density at radius 2 is 1.06 bits per heavy atom. The number of halogens is 2. The Morgan fingerprint density at radius 1 is 0.510 bits per heavy atom. The highest BCUT2D eigenvalue weighted by Gasteiger charge is 2.56. The summed E-state index contributed by atoms with van der Waals surface area (Å²) >= 11 is 7.04. The van der Waals surface area contributed by atoms with Crippen LogP contribution in [0.4, 0.5) is 17.1 Å². The van der Waals surface area contributed by atoms with Crippen molar-refractivity contribution in [1.29, 1.82) is 0 Å². The number of anilines is 3. The summed E-state index contributed by atoms with van der Waals surface area (Å²) in [5.41, 5.74) is -10.6. The molecule has 0 saturated carbocycles. The van der Waals surface area contributed by atoms with Crippen molar-refractivity contribution in [3.05, 3.63) is 154 Å². The quantitative estimate of drug-likeness (QED) is 0.169. The highest BCUT2D eigenvalue weighted by molar-refractivity contribution is 9.10. The van der Waals surface area contributed by atoms with E-state index in [1.165, 1.54) is 6.07 Å². The van der Waals surface area contributed by atoms with Gasteiger partial charge in [0, 0.05) is 67.1 Å². The van der Waals surface area contributed by atoms with Gasteiger partial charge < -0.3 is 9.47 Å². The summed E-state index contributed by atoms with van der Waals surface area (Å²) in [7, 11) is 0. The number of rotatable bonds is 5. The lowest BCUT2D eigenvalue weighted by atomic mass is 9.59. The number of aromatic nitrogens is 1. The molecule has 0 fully saturated rings. The summed E-state index contributed by atoms with van der Waals surface area (Å²) in [5.74, 6) is 0. The minimum absolute atomic E-state index is 0.00363. The summed E-state index contributed by atoms with van der Waals surface area (Å²) in [6.07, 6.45) is 0. The fraction of sp³-hybridized carbons (Fsp3) is 0.200. The van der Waals surface area contributed by atoms with Gasteiger partial charge in [-0.2, -0.15) is 0 Å². The maximum Gasteiger partial charge on any atom is 0.0541 e. The Kier molecular flexibility index (Phi) is 4.14. The molecule has 0 spiro atoms. The van der Waals surface area contributed by atoms with Gasteiger partial charge >= 0.3 is 0 Å². The fourth-order valence-electron chi connectivity index (χ4n) is 6.89. The van der Waals surface area contributed by atoms with Crippen LogP contribution in [0.1, 0.15) is 76.9 Å². The van der Waals surface area contributed by atoms with Crippen molar-refractivity contribution in [1.82, 2.24) is 4.57 Å². The lowest BCUT2D eigenvalue weighted by Gasteiger charge is -2.44. The molecule has 0 radical (unpaired) electrons. The van der Waals surface area contributed by atoms with Gasteiger partial charge in [-0.05, 0) is 117 Å². The van der Waals surface area contributed by atoms with Crippen LogP contribution in [0.2, 0.25) is 0 Å². The first-order chi connectivity index (χ1) is 30.9. The van der Waals surface area contributed by atoms with Crippen molar-refractivity contribution in [2.24, 2.45) is 5.41 Å². The van der Waals surface area contributed by atoms with Crippen LogP contribution in [-0.4, -0.2) is 4.57 Å². The Labute approximate surface area is 332 Å². The van der Waals surface area contributed by atoms with Gasteiger partial charge in [0.1, 0.15) is 0 Å². The molecule has 1 aromatic heterocycles. The van der Waals surface area contributed by atoms with E-state index in [9.17, 15) is 0 Å². The molecule has 0 aliphatic heterocycles. The fourth-order valence-corrected chi connectivity index (χ4v) is 7.42. The van der Waals surface area contributed by atoms with Gasteiger partial charge in [-0.3, -0.25) is 0 Å². The lowest BCUT2D eigenvalue weighted by Crippen LogP contribution is -2.42. The maximum atomic E-state index is 9.02. The molecule has 244 valence electrons. The summed E-state index contributed by atoms with van der Waals surface area (Å²) in [6.45, 7) is -25.5. The molecule has 1 aliphatic carbocycles. The van der Waals surface area contributed by atoms with E-state index < -0.39 is 68.5 Å². The minimum atomic E-state index is -4.51. The van der Waals surface area contributed by atoms with Crippen molar-refractivity contribution in [2.75, 3.05) is 4.90 Å². The van der Waals surface area contributed by atoms with Gasteiger partial charge in [0.25, 0.3) is 0 Å². The van der Waals surface area contributed by atoms with E-state index in [1.54, 1.807) is 12.1 Å². The Morgan fingerprint density at radius 3 is 1.61 bits per heavy atom. The monoisotopic (exact) mass is 784 g/mol. The second-order valence-corrected chi connectivity index (χ2v) is 14.2. The van der Waals surface area contributed by atoms with Crippen molar-refractivity contribution in [3.63, 3.8) is 0 Å². The van der Waals surface area contributed by atoms with Gasteiger partial charge in [-0.15, -0.1) is 0 Å². The number of fused-ring (bicyclic) bond motifs is 4. The maximum absolute atomic E-state index is 9.02. The average Bonchev–Trinajstić information content (AvgIpc) is 3.71. The molecule has 49 heavy (non-hydrogen) atoms. The number of nitrogens with zero attached hydrogens (tertiary/aromatic N) is 2. The summed E-state index contributed by atoms with van der Waals surface area (Å²) in [5, 5.41) is 1.83. The Bertz CT molecular complexity index is 2890. The number of benzene rings is 6. The summed E-state index contributed by atoms with van der Waals surface area (Å²) in [6, 6.07) is 38.8. The van der Waals surface area contributed by atoms with Gasteiger partial charge in [-0.25, -0.2) is 0 Å². The van der Waals surface area contributed by atoms with Gasteiger partial charge in [-0.1, -0.05) is 128 Å². The second kappa shape index (κ2) is 11.5. The van der Waals surface area contributed by atoms with E-state index in [0.717, 1.165) is 42.9 Å². The van der Waals surface area contributed by atoms with E-state index >= 15 is 0 Å². The molecule has 8 rings (SSSR count). The van der Waals surface area contributed by atoms with Crippen LogP contribution in [0.25, 0.3) is 38.6 Å². The van der Waals surface area contributed by atoms with E-state index in [1.807, 2.05) is 113 Å². The SMILES string of the molecule is [2H]C([2H])([2H])C1(C([2H])([2H])[2H])c2ccc(-c3cc(N(c4ccc(Br)cc4)c4ccc(Br)cc4)cc(-n4c5ccccc5c5ccccc54)c3)cc2C(C([2H])([2H])[2H])(C([2H])([2H])[2H])C1(C([2H])([2H])[2H])C([2H])([2H])[2H]. The topological polar surface area (TPSA) is 8.17 Å². The minimum Gasteiger partial charge on any atom is -0.310 e. The number of hydrogen-bond acceptors (Lipinski definition) is 1. The van der Waals surface area contributed by atoms with E-state index in [2.05, 4.69) is 31.9 Å². The first-order valence-corrected chi connectivity index (χ1v) is 17.1. The predicted octanol–water partition coefficient (Wildman–Crippen LogP) is 14.0. The number of hydrogen-bond donors (Lipinski definition) is 0. The molecule has 0 N–H and O–H groups in total. The molecule has 4 heteroatoms. The molecule has 1 aliphatic rings. The van der Waals surface area contributed by atoms with Crippen molar-refractivity contribution in [3.8, 4) is 16.8 Å². The standard InChI is InChI=1S/C45H40Br2N2/c1-43(2)39-24-15-29(27-40(39)44(3,4)45(43,5)6)30-25-35(48(33-20-16-31(46)17-21-33)34-22-18-32(47)19-23-34)28-36(26-30)49-41-13-9-7-11-37(41)38-12-8-10-14-42(38)49/h7-28H,1-6H3/i1D3,2D3,3D3,4D3,5D3,6D3. The third-order valence-corrected chi connectivity index (χ3v) is 10.5. The van der Waals surface area contributed by atoms with Crippen LogP contribution in [0.15, 0.2) is 142 Å². The first-order valence-electron chi connectivity index (χ1n) is 24.5. The molecule has 6 aromatic carbocycles. The molecule has 2 nitrogen and oxygen atoms in total. The van der Waals surface area contributed by atoms with Crippen molar-refractivity contribution in [2.45, 2.75) is 51.9 Å². The van der Waals surface area contributed by atoms with E-state index in [-0.39, 0.29) is 11.1 Å². The zero-order chi connectivity index (χ0) is 49.3. The summed E-state index contributed by atoms with van der Waals surface area (Å²) in [4.78, 5) is 1.94. The van der Waals surface area contributed by atoms with Gasteiger partial charge in [0.2, 0.25) is 0 Å². The molecule has 0 atom stereocenters.